The molecule has 2 aliphatic heterocycles. The van der Waals surface area contributed by atoms with E-state index >= 15 is 0 Å². The zero-order valence-electron chi connectivity index (χ0n) is 19.5. The second-order valence-corrected chi connectivity index (χ2v) is 8.95. The van der Waals surface area contributed by atoms with Gasteiger partial charge in [-0.3, -0.25) is 9.58 Å². The molecule has 2 aromatic carbocycles. The molecule has 1 fully saturated rings. The van der Waals surface area contributed by atoms with Crippen LogP contribution in [0.4, 0.5) is 0 Å². The van der Waals surface area contributed by atoms with Crippen molar-refractivity contribution >= 4 is 0 Å². The normalized spacial score (nSPS) is 18.4. The number of nitrogens with zero attached hydrogens (tertiary/aromatic N) is 3. The first-order valence-electron chi connectivity index (χ1n) is 12.2. The summed E-state index contributed by atoms with van der Waals surface area (Å²) in [6, 6.07) is 17.3. The highest BCUT2D eigenvalue weighted by molar-refractivity contribution is 5.66. The van der Waals surface area contributed by atoms with Crippen LogP contribution in [0.1, 0.15) is 37.3 Å². The fourth-order valence-corrected chi connectivity index (χ4v) is 4.91. The van der Waals surface area contributed by atoms with Crippen LogP contribution in [0.5, 0.6) is 11.5 Å². The number of rotatable bonds is 8. The molecule has 2 aliphatic rings. The second-order valence-electron chi connectivity index (χ2n) is 8.95. The molecule has 6 heteroatoms. The van der Waals surface area contributed by atoms with Crippen LogP contribution in [-0.2, 0) is 13.1 Å². The lowest BCUT2D eigenvalue weighted by Crippen LogP contribution is -2.37. The Morgan fingerprint density at radius 2 is 1.88 bits per heavy atom. The van der Waals surface area contributed by atoms with Crippen LogP contribution in [0.25, 0.3) is 11.3 Å². The van der Waals surface area contributed by atoms with Crippen LogP contribution in [0.15, 0.2) is 54.7 Å². The van der Waals surface area contributed by atoms with Crippen molar-refractivity contribution in [1.82, 2.24) is 20.0 Å². The average molecular weight is 447 g/mol. The largest absolute Gasteiger partial charge is 0.490 e. The Bertz CT molecular complexity index is 1050. The minimum atomic E-state index is 0.635. The van der Waals surface area contributed by atoms with Gasteiger partial charge in [0.25, 0.3) is 0 Å². The van der Waals surface area contributed by atoms with Crippen molar-refractivity contribution in [2.24, 2.45) is 0 Å². The van der Waals surface area contributed by atoms with E-state index in [0.717, 1.165) is 55.4 Å². The summed E-state index contributed by atoms with van der Waals surface area (Å²) < 4.78 is 13.8. The van der Waals surface area contributed by atoms with Crippen LogP contribution >= 0.6 is 0 Å². The Morgan fingerprint density at radius 1 is 1.03 bits per heavy atom. The fraction of sp³-hybridized carbons (Fsp3) is 0.444. The third-order valence-electron chi connectivity index (χ3n) is 6.65. The Labute approximate surface area is 196 Å². The summed E-state index contributed by atoms with van der Waals surface area (Å²) in [6.45, 7) is 8.56. The molecule has 1 saturated heterocycles. The van der Waals surface area contributed by atoms with Gasteiger partial charge in [0.15, 0.2) is 11.5 Å². The van der Waals surface area contributed by atoms with Crippen molar-refractivity contribution < 1.29 is 9.47 Å². The van der Waals surface area contributed by atoms with Gasteiger partial charge < -0.3 is 14.8 Å². The smallest absolute Gasteiger partial charge is 0.161 e. The van der Waals surface area contributed by atoms with Crippen LogP contribution in [-0.4, -0.2) is 53.6 Å². The molecule has 1 atom stereocenters. The minimum absolute atomic E-state index is 0.635. The average Bonchev–Trinajstić information content (AvgIpc) is 3.39. The first kappa shape index (κ1) is 22.0. The molecule has 0 unspecified atom stereocenters. The summed E-state index contributed by atoms with van der Waals surface area (Å²) >= 11 is 0. The van der Waals surface area contributed by atoms with E-state index in [9.17, 15) is 0 Å². The molecule has 1 aromatic heterocycles. The molecule has 174 valence electrons. The van der Waals surface area contributed by atoms with Crippen LogP contribution in [0, 0.1) is 0 Å². The molecule has 33 heavy (non-hydrogen) atoms. The van der Waals surface area contributed by atoms with E-state index < -0.39 is 0 Å². The third kappa shape index (κ3) is 5.23. The third-order valence-corrected chi connectivity index (χ3v) is 6.65. The van der Waals surface area contributed by atoms with Crippen molar-refractivity contribution in [2.45, 2.75) is 45.3 Å². The molecule has 3 heterocycles. The van der Waals surface area contributed by atoms with Crippen molar-refractivity contribution in [1.29, 1.82) is 0 Å². The second kappa shape index (κ2) is 10.4. The molecule has 0 spiro atoms. The molecule has 3 aromatic rings. The maximum Gasteiger partial charge on any atom is 0.161 e. The highest BCUT2D eigenvalue weighted by atomic mass is 16.5. The van der Waals surface area contributed by atoms with Gasteiger partial charge in [0.1, 0.15) is 0 Å². The Hall–Kier alpha value is -2.83. The van der Waals surface area contributed by atoms with Gasteiger partial charge in [0, 0.05) is 42.9 Å². The van der Waals surface area contributed by atoms with Gasteiger partial charge in [0.05, 0.1) is 25.5 Å². The van der Waals surface area contributed by atoms with E-state index in [1.807, 2.05) is 12.1 Å². The fourth-order valence-electron chi connectivity index (χ4n) is 4.91. The Morgan fingerprint density at radius 3 is 2.73 bits per heavy atom. The summed E-state index contributed by atoms with van der Waals surface area (Å²) in [7, 11) is 0. The zero-order valence-corrected chi connectivity index (χ0v) is 19.5. The number of hydrogen-bond acceptors (Lipinski definition) is 5. The van der Waals surface area contributed by atoms with Gasteiger partial charge in [0.2, 0.25) is 0 Å². The maximum atomic E-state index is 5.94. The van der Waals surface area contributed by atoms with Crippen molar-refractivity contribution in [3.63, 3.8) is 0 Å². The lowest BCUT2D eigenvalue weighted by molar-refractivity contribution is 0.260. The number of aromatic nitrogens is 2. The van der Waals surface area contributed by atoms with Crippen molar-refractivity contribution in [2.75, 3.05) is 32.8 Å². The number of likely N-dealkylation sites (N-methyl/N-ethyl adjacent to an activating group) is 1. The summed E-state index contributed by atoms with van der Waals surface area (Å²) in [5.41, 5.74) is 4.53. The predicted molar refractivity (Wildman–Crippen MR) is 131 cm³/mol. The van der Waals surface area contributed by atoms with E-state index in [4.69, 9.17) is 14.6 Å². The molecule has 1 N–H and O–H groups in total. The number of ether oxygens (including phenoxy) is 2. The number of fused-ring (bicyclic) bond motifs is 1. The summed E-state index contributed by atoms with van der Waals surface area (Å²) in [5, 5.41) is 8.72. The van der Waals surface area contributed by atoms with Gasteiger partial charge in [-0.15, -0.1) is 0 Å². The molecule has 0 saturated carbocycles. The number of nitrogens with one attached hydrogen (secondary N) is 1. The van der Waals surface area contributed by atoms with E-state index in [2.05, 4.69) is 64.4 Å². The highest BCUT2D eigenvalue weighted by Crippen LogP contribution is 2.35. The van der Waals surface area contributed by atoms with E-state index in [-0.39, 0.29) is 0 Å². The number of likely N-dealkylation sites (tertiary alicyclic amines) is 1. The van der Waals surface area contributed by atoms with E-state index in [1.165, 1.54) is 30.5 Å². The standard InChI is InChI=1S/C27H34N4O2/c1-2-30-13-6-10-24(30)18-28-17-23-20-31(19-21-8-4-3-5-9-21)29-27(23)22-11-12-25-26(16-22)33-15-7-14-32-25/h3-5,8-9,11-12,16,20,24,28H,2,6-7,10,13-15,17-19H2,1H3/t24-/m0/s1. The van der Waals surface area contributed by atoms with Crippen LogP contribution < -0.4 is 14.8 Å². The first-order valence-corrected chi connectivity index (χ1v) is 12.2. The minimum Gasteiger partial charge on any atom is -0.490 e. The molecular formula is C27H34N4O2. The molecule has 0 aliphatic carbocycles. The lowest BCUT2D eigenvalue weighted by atomic mass is 10.1. The van der Waals surface area contributed by atoms with Crippen LogP contribution in [0.3, 0.4) is 0 Å². The van der Waals surface area contributed by atoms with Crippen molar-refractivity contribution in [3.05, 3.63) is 65.9 Å². The summed E-state index contributed by atoms with van der Waals surface area (Å²) in [5.74, 6) is 1.63. The molecular weight excluding hydrogens is 412 g/mol. The van der Waals surface area contributed by atoms with E-state index in [1.54, 1.807) is 0 Å². The monoisotopic (exact) mass is 446 g/mol. The Kier molecular flexibility index (Phi) is 6.93. The summed E-state index contributed by atoms with van der Waals surface area (Å²) in [4.78, 5) is 2.58. The SMILES string of the molecule is CCN1CCC[C@H]1CNCc1cn(Cc2ccccc2)nc1-c1ccc2c(c1)OCCCO2. The zero-order chi connectivity index (χ0) is 22.5. The van der Waals surface area contributed by atoms with Gasteiger partial charge in [-0.05, 0) is 49.7 Å². The molecule has 5 rings (SSSR count). The van der Waals surface area contributed by atoms with Gasteiger partial charge in [-0.2, -0.15) is 5.10 Å². The molecule has 0 radical (unpaired) electrons. The van der Waals surface area contributed by atoms with Gasteiger partial charge in [-0.25, -0.2) is 0 Å². The summed E-state index contributed by atoms with van der Waals surface area (Å²) in [6.07, 6.45) is 5.67. The Balaban J connectivity index is 1.38. The first-order chi connectivity index (χ1) is 16.3. The maximum absolute atomic E-state index is 5.94. The molecule has 6 nitrogen and oxygen atoms in total. The molecule has 0 bridgehead atoms. The predicted octanol–water partition coefficient (Wildman–Crippen LogP) is 4.33. The van der Waals surface area contributed by atoms with Crippen LogP contribution in [0.2, 0.25) is 0 Å². The van der Waals surface area contributed by atoms with Gasteiger partial charge in [-0.1, -0.05) is 37.3 Å². The van der Waals surface area contributed by atoms with Gasteiger partial charge >= 0.3 is 0 Å². The van der Waals surface area contributed by atoms with E-state index in [0.29, 0.717) is 19.3 Å². The number of hydrogen-bond donors (Lipinski definition) is 1. The topological polar surface area (TPSA) is 51.6 Å². The highest BCUT2D eigenvalue weighted by Gasteiger charge is 2.23. The quantitative estimate of drug-likeness (QED) is 0.558. The lowest BCUT2D eigenvalue weighted by Gasteiger charge is -2.22. The molecule has 0 amide bonds. The van der Waals surface area contributed by atoms with Crippen molar-refractivity contribution in [3.8, 4) is 22.8 Å². The number of benzene rings is 2.